The van der Waals surface area contributed by atoms with Crippen molar-refractivity contribution in [2.75, 3.05) is 32.0 Å². The van der Waals surface area contributed by atoms with Crippen molar-refractivity contribution in [1.82, 2.24) is 4.90 Å². The number of hydrogen-bond acceptors (Lipinski definition) is 5. The van der Waals surface area contributed by atoms with Gasteiger partial charge in [-0.15, -0.1) is 0 Å². The van der Waals surface area contributed by atoms with E-state index in [-0.39, 0.29) is 35.6 Å². The van der Waals surface area contributed by atoms with Crippen molar-refractivity contribution in [2.24, 2.45) is 11.7 Å². The fourth-order valence-corrected chi connectivity index (χ4v) is 4.45. The molecule has 1 aromatic carbocycles. The van der Waals surface area contributed by atoms with Crippen LogP contribution in [0.15, 0.2) is 41.1 Å². The second kappa shape index (κ2) is 9.14. The summed E-state index contributed by atoms with van der Waals surface area (Å²) >= 11 is 0. The van der Waals surface area contributed by atoms with Gasteiger partial charge in [0.25, 0.3) is 0 Å². The average Bonchev–Trinajstić information content (AvgIpc) is 3.00. The van der Waals surface area contributed by atoms with Crippen LogP contribution in [0.1, 0.15) is 19.8 Å². The van der Waals surface area contributed by atoms with E-state index in [4.69, 9.17) is 10.5 Å². The highest BCUT2D eigenvalue weighted by atomic mass is 32.2. The topological polar surface area (TPSA) is 89.7 Å². The second-order valence-corrected chi connectivity index (χ2v) is 8.60. The summed E-state index contributed by atoms with van der Waals surface area (Å²) in [5, 5.41) is 0. The smallest absolute Gasteiger partial charge is 0.222 e. The number of likely N-dealkylation sites (tertiary alicyclic amines) is 1. The molecule has 1 saturated heterocycles. The number of amides is 1. The van der Waals surface area contributed by atoms with Gasteiger partial charge in [-0.3, -0.25) is 4.79 Å². The molecule has 1 aromatic rings. The molecule has 2 N–H and O–H groups in total. The molecule has 6 nitrogen and oxygen atoms in total. The number of hydrogen-bond donors (Lipinski definition) is 1. The molecule has 1 unspecified atom stereocenters. The lowest BCUT2D eigenvalue weighted by Crippen LogP contribution is -2.32. The van der Waals surface area contributed by atoms with E-state index < -0.39 is 9.84 Å². The van der Waals surface area contributed by atoms with Gasteiger partial charge >= 0.3 is 0 Å². The predicted octanol–water partition coefficient (Wildman–Crippen LogP) is 1.91. The highest BCUT2D eigenvalue weighted by molar-refractivity contribution is 7.91. The summed E-state index contributed by atoms with van der Waals surface area (Å²) in [7, 11) is -3.46. The molecule has 1 fully saturated rings. The first-order valence-corrected chi connectivity index (χ1v) is 10.2. The van der Waals surface area contributed by atoms with Gasteiger partial charge in [0.05, 0.1) is 17.0 Å². The Balaban J connectivity index is 1.94. The van der Waals surface area contributed by atoms with Crippen molar-refractivity contribution in [3.8, 4) is 5.75 Å². The molecule has 1 heterocycles. The van der Waals surface area contributed by atoms with Crippen LogP contribution in [0.25, 0.3) is 0 Å². The van der Waals surface area contributed by atoms with Crippen molar-refractivity contribution in [3.63, 3.8) is 0 Å². The second-order valence-electron chi connectivity index (χ2n) is 6.56. The van der Waals surface area contributed by atoms with Crippen LogP contribution >= 0.6 is 0 Å². The van der Waals surface area contributed by atoms with E-state index in [1.807, 2.05) is 6.92 Å². The Hall–Kier alpha value is -1.93. The lowest BCUT2D eigenvalue weighted by Gasteiger charge is -2.20. The Bertz CT molecular complexity index is 747. The van der Waals surface area contributed by atoms with Gasteiger partial charge < -0.3 is 15.4 Å². The number of ether oxygens (including phenoxy) is 1. The summed E-state index contributed by atoms with van der Waals surface area (Å²) in [6.07, 6.45) is 1.79. The number of halogens is 1. The Morgan fingerprint density at radius 2 is 2.08 bits per heavy atom. The number of nitrogens with zero attached hydrogens (tertiary/aromatic N) is 1. The first-order chi connectivity index (χ1) is 12.4. The molecule has 0 aliphatic carbocycles. The van der Waals surface area contributed by atoms with E-state index in [1.54, 1.807) is 4.90 Å². The van der Waals surface area contributed by atoms with Crippen LogP contribution in [0.4, 0.5) is 4.39 Å². The third-order valence-electron chi connectivity index (χ3n) is 4.23. The highest BCUT2D eigenvalue weighted by Crippen LogP contribution is 2.20. The van der Waals surface area contributed by atoms with Gasteiger partial charge in [-0.05, 0) is 36.6 Å². The van der Waals surface area contributed by atoms with Crippen LogP contribution in [-0.2, 0) is 14.6 Å². The van der Waals surface area contributed by atoms with Gasteiger partial charge in [-0.1, -0.05) is 6.92 Å². The molecule has 1 amide bonds. The molecule has 8 heteroatoms. The van der Waals surface area contributed by atoms with Crippen LogP contribution < -0.4 is 10.5 Å². The monoisotopic (exact) mass is 384 g/mol. The summed E-state index contributed by atoms with van der Waals surface area (Å²) in [5.74, 6) is 0.348. The molecule has 2 rings (SSSR count). The number of carbonyl (C=O) groups is 1. The van der Waals surface area contributed by atoms with Crippen molar-refractivity contribution >= 4 is 15.7 Å². The Labute approximate surface area is 153 Å². The van der Waals surface area contributed by atoms with Gasteiger partial charge in [-0.25, -0.2) is 12.8 Å². The lowest BCUT2D eigenvalue weighted by atomic mass is 10.2. The van der Waals surface area contributed by atoms with E-state index >= 15 is 0 Å². The summed E-state index contributed by atoms with van der Waals surface area (Å²) in [6.45, 7) is 3.06. The van der Waals surface area contributed by atoms with Crippen LogP contribution in [0.3, 0.4) is 0 Å². The van der Waals surface area contributed by atoms with E-state index in [9.17, 15) is 17.6 Å². The summed E-state index contributed by atoms with van der Waals surface area (Å²) in [5.41, 5.74) is 5.66. The lowest BCUT2D eigenvalue weighted by molar-refractivity contribution is -0.128. The van der Waals surface area contributed by atoms with Gasteiger partial charge in [0.2, 0.25) is 5.91 Å². The van der Waals surface area contributed by atoms with E-state index in [2.05, 4.69) is 0 Å². The zero-order chi connectivity index (χ0) is 19.2. The van der Waals surface area contributed by atoms with Crippen LogP contribution in [0.5, 0.6) is 5.75 Å². The number of carbonyl (C=O) groups excluding carboxylic acids is 1. The van der Waals surface area contributed by atoms with Crippen molar-refractivity contribution in [1.29, 1.82) is 0 Å². The molecule has 0 radical (unpaired) electrons. The molecule has 0 spiro atoms. The fraction of sp³-hybridized carbons (Fsp3) is 0.500. The van der Waals surface area contributed by atoms with Gasteiger partial charge in [0.15, 0.2) is 9.84 Å². The molecule has 1 aliphatic heterocycles. The maximum absolute atomic E-state index is 12.5. The Morgan fingerprint density at radius 1 is 1.38 bits per heavy atom. The normalized spacial score (nSPS) is 16.8. The Kier molecular flexibility index (Phi) is 7.16. The third-order valence-corrected chi connectivity index (χ3v) is 6.23. The standard InChI is InChI=1S/C18H25FN2O4S/c1-14(11-21-8-2-3-18(21)22)13-26(23,24)17-6-4-16(5-7-17)25-12-15(9-19)10-20/h4-7,9,14H,2-3,8,10-13,20H2,1H3/b15-9+. The predicted molar refractivity (Wildman–Crippen MR) is 97.2 cm³/mol. The molecular formula is C18H25FN2O4S. The summed E-state index contributed by atoms with van der Waals surface area (Å²) < 4.78 is 42.9. The van der Waals surface area contributed by atoms with Crippen molar-refractivity contribution in [2.45, 2.75) is 24.7 Å². The van der Waals surface area contributed by atoms with Crippen LogP contribution in [-0.4, -0.2) is 51.2 Å². The zero-order valence-electron chi connectivity index (χ0n) is 14.9. The molecule has 144 valence electrons. The molecule has 0 saturated carbocycles. The van der Waals surface area contributed by atoms with Crippen molar-refractivity contribution < 1.29 is 22.3 Å². The van der Waals surface area contributed by atoms with E-state index in [1.165, 1.54) is 24.3 Å². The number of nitrogens with two attached hydrogens (primary N) is 1. The average molecular weight is 384 g/mol. The maximum Gasteiger partial charge on any atom is 0.222 e. The minimum absolute atomic E-state index is 0.0139. The molecule has 26 heavy (non-hydrogen) atoms. The molecule has 1 aliphatic rings. The first kappa shape index (κ1) is 20.4. The third kappa shape index (κ3) is 5.54. The largest absolute Gasteiger partial charge is 0.489 e. The minimum Gasteiger partial charge on any atom is -0.489 e. The van der Waals surface area contributed by atoms with Gasteiger partial charge in [0.1, 0.15) is 12.4 Å². The molecule has 1 atom stereocenters. The Morgan fingerprint density at radius 3 is 2.62 bits per heavy atom. The van der Waals surface area contributed by atoms with E-state index in [0.717, 1.165) is 6.42 Å². The van der Waals surface area contributed by atoms with Gasteiger partial charge in [-0.2, -0.15) is 0 Å². The highest BCUT2D eigenvalue weighted by Gasteiger charge is 2.25. The molecule has 0 aromatic heterocycles. The SMILES string of the molecule is CC(CN1CCCC1=O)CS(=O)(=O)c1ccc(OC/C(=C/F)CN)cc1. The molecular weight excluding hydrogens is 359 g/mol. The number of benzene rings is 1. The number of rotatable bonds is 9. The first-order valence-electron chi connectivity index (χ1n) is 8.57. The van der Waals surface area contributed by atoms with Gasteiger partial charge in [0, 0.05) is 31.6 Å². The minimum atomic E-state index is -3.46. The van der Waals surface area contributed by atoms with Crippen LogP contribution in [0.2, 0.25) is 0 Å². The number of sulfone groups is 1. The van der Waals surface area contributed by atoms with E-state index in [0.29, 0.717) is 37.2 Å². The van der Waals surface area contributed by atoms with Crippen LogP contribution in [0, 0.1) is 5.92 Å². The summed E-state index contributed by atoms with van der Waals surface area (Å²) in [4.78, 5) is 13.6. The quantitative estimate of drug-likeness (QED) is 0.702. The van der Waals surface area contributed by atoms with Crippen molar-refractivity contribution in [3.05, 3.63) is 36.2 Å². The summed E-state index contributed by atoms with van der Waals surface area (Å²) in [6, 6.07) is 6.02. The maximum atomic E-state index is 12.5. The zero-order valence-corrected chi connectivity index (χ0v) is 15.7. The fourth-order valence-electron chi connectivity index (χ4n) is 2.85. The molecule has 0 bridgehead atoms.